The highest BCUT2D eigenvalue weighted by atomic mass is 16.5. The van der Waals surface area contributed by atoms with Crippen molar-refractivity contribution in [3.63, 3.8) is 0 Å². The summed E-state index contributed by atoms with van der Waals surface area (Å²) < 4.78 is 10.8. The summed E-state index contributed by atoms with van der Waals surface area (Å²) in [6.07, 6.45) is 3.78. The van der Waals surface area contributed by atoms with Crippen LogP contribution >= 0.6 is 0 Å². The number of rotatable bonds is 6. The lowest BCUT2D eigenvalue weighted by molar-refractivity contribution is 0.0684. The quantitative estimate of drug-likeness (QED) is 0.662. The van der Waals surface area contributed by atoms with Gasteiger partial charge in [0.05, 0.1) is 6.10 Å². The van der Waals surface area contributed by atoms with E-state index in [1.807, 2.05) is 0 Å². The Morgan fingerprint density at radius 2 is 2.07 bits per heavy atom. The van der Waals surface area contributed by atoms with Gasteiger partial charge in [-0.2, -0.15) is 0 Å². The van der Waals surface area contributed by atoms with E-state index in [1.54, 1.807) is 0 Å². The standard InChI is InChI=1S/C11H23NO2/c1-10(2)14-7-3-6-12-11-4-8-13-9-5-11/h10-12H,3-9H2,1-2H3. The second-order valence-electron chi connectivity index (χ2n) is 4.11. The fourth-order valence-corrected chi connectivity index (χ4v) is 1.60. The van der Waals surface area contributed by atoms with Gasteiger partial charge in [0.1, 0.15) is 0 Å². The number of nitrogens with one attached hydrogen (secondary N) is 1. The Morgan fingerprint density at radius 1 is 1.36 bits per heavy atom. The molecule has 0 amide bonds. The van der Waals surface area contributed by atoms with Crippen LogP contribution in [0.4, 0.5) is 0 Å². The summed E-state index contributed by atoms with van der Waals surface area (Å²) in [5.41, 5.74) is 0. The summed E-state index contributed by atoms with van der Waals surface area (Å²) >= 11 is 0. The topological polar surface area (TPSA) is 30.5 Å². The van der Waals surface area contributed by atoms with Gasteiger partial charge in [0, 0.05) is 25.9 Å². The van der Waals surface area contributed by atoms with E-state index in [2.05, 4.69) is 19.2 Å². The van der Waals surface area contributed by atoms with Gasteiger partial charge in [-0.25, -0.2) is 0 Å². The zero-order valence-electron chi connectivity index (χ0n) is 9.42. The van der Waals surface area contributed by atoms with Gasteiger partial charge >= 0.3 is 0 Å². The van der Waals surface area contributed by atoms with Crippen molar-refractivity contribution in [1.29, 1.82) is 0 Å². The summed E-state index contributed by atoms with van der Waals surface area (Å²) in [4.78, 5) is 0. The molecule has 0 atom stereocenters. The van der Waals surface area contributed by atoms with Crippen LogP contribution in [0.2, 0.25) is 0 Å². The van der Waals surface area contributed by atoms with Gasteiger partial charge in [-0.1, -0.05) is 0 Å². The molecular weight excluding hydrogens is 178 g/mol. The van der Waals surface area contributed by atoms with Crippen LogP contribution in [-0.4, -0.2) is 38.5 Å². The van der Waals surface area contributed by atoms with E-state index in [-0.39, 0.29) is 0 Å². The average molecular weight is 201 g/mol. The van der Waals surface area contributed by atoms with Crippen molar-refractivity contribution in [2.45, 2.75) is 45.3 Å². The van der Waals surface area contributed by atoms with Crippen molar-refractivity contribution in [3.8, 4) is 0 Å². The fourth-order valence-electron chi connectivity index (χ4n) is 1.60. The molecule has 0 radical (unpaired) electrons. The monoisotopic (exact) mass is 201 g/mol. The van der Waals surface area contributed by atoms with Gasteiger partial charge < -0.3 is 14.8 Å². The molecule has 3 nitrogen and oxygen atoms in total. The second kappa shape index (κ2) is 7.21. The summed E-state index contributed by atoms with van der Waals surface area (Å²) in [6, 6.07) is 0.669. The molecule has 3 heteroatoms. The third kappa shape index (κ3) is 5.58. The van der Waals surface area contributed by atoms with Crippen LogP contribution in [0.25, 0.3) is 0 Å². The number of hydrogen-bond acceptors (Lipinski definition) is 3. The molecule has 84 valence electrons. The molecule has 1 fully saturated rings. The van der Waals surface area contributed by atoms with Gasteiger partial charge in [0.25, 0.3) is 0 Å². The van der Waals surface area contributed by atoms with Crippen LogP contribution < -0.4 is 5.32 Å². The maximum atomic E-state index is 5.47. The van der Waals surface area contributed by atoms with Crippen molar-refractivity contribution < 1.29 is 9.47 Å². The van der Waals surface area contributed by atoms with E-state index in [0.717, 1.165) is 45.6 Å². The Bertz CT molecular complexity index is 133. The molecule has 1 saturated heterocycles. The Morgan fingerprint density at radius 3 is 2.71 bits per heavy atom. The van der Waals surface area contributed by atoms with Crippen molar-refractivity contribution >= 4 is 0 Å². The van der Waals surface area contributed by atoms with Crippen LogP contribution in [0.3, 0.4) is 0 Å². The molecule has 0 aliphatic carbocycles. The van der Waals surface area contributed by atoms with E-state index in [1.165, 1.54) is 0 Å². The third-order valence-electron chi connectivity index (χ3n) is 2.43. The van der Waals surface area contributed by atoms with Crippen LogP contribution in [0.15, 0.2) is 0 Å². The summed E-state index contributed by atoms with van der Waals surface area (Å²) in [5, 5.41) is 3.54. The summed E-state index contributed by atoms with van der Waals surface area (Å²) in [6.45, 7) is 7.92. The maximum Gasteiger partial charge on any atom is 0.0518 e. The van der Waals surface area contributed by atoms with E-state index in [4.69, 9.17) is 9.47 Å². The molecule has 1 aliphatic rings. The van der Waals surface area contributed by atoms with E-state index < -0.39 is 0 Å². The molecule has 0 unspecified atom stereocenters. The molecule has 1 heterocycles. The van der Waals surface area contributed by atoms with Gasteiger partial charge in [-0.15, -0.1) is 0 Å². The fraction of sp³-hybridized carbons (Fsp3) is 1.00. The van der Waals surface area contributed by atoms with Crippen LogP contribution in [0, 0.1) is 0 Å². The lowest BCUT2D eigenvalue weighted by Crippen LogP contribution is -2.35. The van der Waals surface area contributed by atoms with Crippen LogP contribution in [0.1, 0.15) is 33.1 Å². The lowest BCUT2D eigenvalue weighted by atomic mass is 10.1. The predicted octanol–water partition coefficient (Wildman–Crippen LogP) is 1.57. The first-order valence-electron chi connectivity index (χ1n) is 5.72. The molecule has 0 bridgehead atoms. The van der Waals surface area contributed by atoms with Crippen molar-refractivity contribution in [3.05, 3.63) is 0 Å². The highest BCUT2D eigenvalue weighted by Gasteiger charge is 2.11. The minimum Gasteiger partial charge on any atom is -0.381 e. The third-order valence-corrected chi connectivity index (χ3v) is 2.43. The molecule has 0 saturated carbocycles. The Kier molecular flexibility index (Phi) is 6.15. The highest BCUT2D eigenvalue weighted by Crippen LogP contribution is 2.05. The van der Waals surface area contributed by atoms with E-state index in [0.29, 0.717) is 12.1 Å². The summed E-state index contributed by atoms with van der Waals surface area (Å²) in [5.74, 6) is 0. The number of hydrogen-bond donors (Lipinski definition) is 1. The molecule has 14 heavy (non-hydrogen) atoms. The Hall–Kier alpha value is -0.120. The van der Waals surface area contributed by atoms with E-state index in [9.17, 15) is 0 Å². The van der Waals surface area contributed by atoms with Gasteiger partial charge in [-0.05, 0) is 39.7 Å². The molecule has 0 aromatic carbocycles. The first-order valence-corrected chi connectivity index (χ1v) is 5.72. The maximum absolute atomic E-state index is 5.47. The molecule has 1 aliphatic heterocycles. The lowest BCUT2D eigenvalue weighted by Gasteiger charge is -2.23. The average Bonchev–Trinajstić information content (AvgIpc) is 2.18. The smallest absolute Gasteiger partial charge is 0.0518 e. The molecule has 0 aromatic rings. The van der Waals surface area contributed by atoms with Crippen molar-refractivity contribution in [2.75, 3.05) is 26.4 Å². The normalized spacial score (nSPS) is 19.1. The highest BCUT2D eigenvalue weighted by molar-refractivity contribution is 4.69. The molecule has 0 spiro atoms. The van der Waals surface area contributed by atoms with E-state index >= 15 is 0 Å². The van der Waals surface area contributed by atoms with Gasteiger partial charge in [0.15, 0.2) is 0 Å². The first-order chi connectivity index (χ1) is 6.79. The molecule has 0 aromatic heterocycles. The SMILES string of the molecule is CC(C)OCCCNC1CCOCC1. The Balaban J connectivity index is 1.87. The first kappa shape index (κ1) is 12.0. The largest absolute Gasteiger partial charge is 0.381 e. The second-order valence-corrected chi connectivity index (χ2v) is 4.11. The number of ether oxygens (including phenoxy) is 2. The predicted molar refractivity (Wildman–Crippen MR) is 57.5 cm³/mol. The van der Waals surface area contributed by atoms with Crippen molar-refractivity contribution in [2.24, 2.45) is 0 Å². The van der Waals surface area contributed by atoms with Gasteiger partial charge in [0.2, 0.25) is 0 Å². The molecule has 1 rings (SSSR count). The minimum atomic E-state index is 0.359. The van der Waals surface area contributed by atoms with Gasteiger partial charge in [-0.3, -0.25) is 0 Å². The zero-order chi connectivity index (χ0) is 10.2. The Labute approximate surface area is 87.2 Å². The zero-order valence-corrected chi connectivity index (χ0v) is 9.42. The van der Waals surface area contributed by atoms with Crippen molar-refractivity contribution in [1.82, 2.24) is 5.32 Å². The van der Waals surface area contributed by atoms with Crippen LogP contribution in [0.5, 0.6) is 0 Å². The molecular formula is C11H23NO2. The van der Waals surface area contributed by atoms with Crippen LogP contribution in [-0.2, 0) is 9.47 Å². The summed E-state index contributed by atoms with van der Waals surface area (Å²) in [7, 11) is 0. The minimum absolute atomic E-state index is 0.359. The molecule has 1 N–H and O–H groups in total.